The van der Waals surface area contributed by atoms with Crippen LogP contribution in [-0.4, -0.2) is 45.6 Å². The van der Waals surface area contributed by atoms with E-state index in [4.69, 9.17) is 0 Å². The molecule has 0 bridgehead atoms. The molecule has 3 aromatic rings. The van der Waals surface area contributed by atoms with E-state index in [1.165, 1.54) is 23.4 Å². The standard InChI is InChI=1S/C21H21F3N4O2/c22-21(23,24)15-5-6-19-27-18(12-28(19)11-15)20(30)26-10-17(29)9-25-16-7-13-3-1-2-4-14(13)8-16/h1-6,11-12,16-17,25,29H,7-10H2,(H,26,30). The summed E-state index contributed by atoms with van der Waals surface area (Å²) in [7, 11) is 0. The van der Waals surface area contributed by atoms with Gasteiger partial charge in [-0.25, -0.2) is 4.98 Å². The number of pyridine rings is 1. The second kappa shape index (κ2) is 8.08. The maximum absolute atomic E-state index is 12.8. The number of hydrogen-bond acceptors (Lipinski definition) is 4. The highest BCUT2D eigenvalue weighted by Crippen LogP contribution is 2.29. The van der Waals surface area contributed by atoms with E-state index in [9.17, 15) is 23.1 Å². The van der Waals surface area contributed by atoms with E-state index in [1.54, 1.807) is 0 Å². The fourth-order valence-corrected chi connectivity index (χ4v) is 3.65. The smallest absolute Gasteiger partial charge is 0.390 e. The van der Waals surface area contributed by atoms with E-state index in [-0.39, 0.29) is 23.9 Å². The molecule has 0 fully saturated rings. The summed E-state index contributed by atoms with van der Waals surface area (Å²) in [5.74, 6) is -0.556. The number of alkyl halides is 3. The Bertz CT molecular complexity index is 1040. The molecule has 4 rings (SSSR count). The van der Waals surface area contributed by atoms with Crippen LogP contribution < -0.4 is 10.6 Å². The first-order valence-corrected chi connectivity index (χ1v) is 9.62. The number of rotatable bonds is 6. The second-order valence-corrected chi connectivity index (χ2v) is 7.45. The van der Waals surface area contributed by atoms with Crippen molar-refractivity contribution in [2.45, 2.75) is 31.2 Å². The third kappa shape index (κ3) is 4.47. The summed E-state index contributed by atoms with van der Waals surface area (Å²) in [6, 6.07) is 10.6. The van der Waals surface area contributed by atoms with Gasteiger partial charge in [-0.3, -0.25) is 4.79 Å². The Hall–Kier alpha value is -2.91. The molecule has 158 valence electrons. The lowest BCUT2D eigenvalue weighted by atomic mass is 10.1. The highest BCUT2D eigenvalue weighted by atomic mass is 19.4. The molecular weight excluding hydrogens is 397 g/mol. The van der Waals surface area contributed by atoms with Crippen LogP contribution in [0.1, 0.15) is 27.2 Å². The third-order valence-electron chi connectivity index (χ3n) is 5.20. The lowest BCUT2D eigenvalue weighted by Crippen LogP contribution is -2.41. The van der Waals surface area contributed by atoms with Gasteiger partial charge < -0.3 is 20.1 Å². The van der Waals surface area contributed by atoms with Crippen LogP contribution in [0, 0.1) is 0 Å². The third-order valence-corrected chi connectivity index (χ3v) is 5.20. The van der Waals surface area contributed by atoms with E-state index in [2.05, 4.69) is 27.8 Å². The molecule has 1 unspecified atom stereocenters. The number of aromatic nitrogens is 2. The summed E-state index contributed by atoms with van der Waals surface area (Å²) in [4.78, 5) is 16.3. The molecular formula is C21H21F3N4O2. The molecule has 1 aromatic carbocycles. The van der Waals surface area contributed by atoms with Crippen molar-refractivity contribution in [3.63, 3.8) is 0 Å². The number of nitrogens with one attached hydrogen (secondary N) is 2. The Morgan fingerprint density at radius 1 is 1.13 bits per heavy atom. The number of benzene rings is 1. The number of imidazole rings is 1. The van der Waals surface area contributed by atoms with Gasteiger partial charge in [-0.05, 0) is 36.1 Å². The van der Waals surface area contributed by atoms with Gasteiger partial charge in [0.2, 0.25) is 0 Å². The zero-order chi connectivity index (χ0) is 21.3. The predicted molar refractivity (Wildman–Crippen MR) is 104 cm³/mol. The predicted octanol–water partition coefficient (Wildman–Crippen LogP) is 2.20. The Morgan fingerprint density at radius 3 is 2.50 bits per heavy atom. The summed E-state index contributed by atoms with van der Waals surface area (Å²) in [5.41, 5.74) is 2.00. The zero-order valence-corrected chi connectivity index (χ0v) is 16.0. The molecule has 2 heterocycles. The van der Waals surface area contributed by atoms with Crippen LogP contribution in [0.5, 0.6) is 0 Å². The van der Waals surface area contributed by atoms with Crippen molar-refractivity contribution in [2.75, 3.05) is 13.1 Å². The van der Waals surface area contributed by atoms with Gasteiger partial charge in [-0.2, -0.15) is 13.2 Å². The van der Waals surface area contributed by atoms with Crippen molar-refractivity contribution in [1.82, 2.24) is 20.0 Å². The van der Waals surface area contributed by atoms with Crippen LogP contribution in [0.2, 0.25) is 0 Å². The number of carbonyl (C=O) groups excluding carboxylic acids is 1. The topological polar surface area (TPSA) is 78.7 Å². The van der Waals surface area contributed by atoms with E-state index in [0.29, 0.717) is 6.54 Å². The quantitative estimate of drug-likeness (QED) is 0.574. The normalized spacial score (nSPS) is 15.3. The van der Waals surface area contributed by atoms with Crippen LogP contribution in [0.25, 0.3) is 5.65 Å². The molecule has 9 heteroatoms. The highest BCUT2D eigenvalue weighted by Gasteiger charge is 2.31. The molecule has 1 aliphatic rings. The highest BCUT2D eigenvalue weighted by molar-refractivity contribution is 5.92. The fourth-order valence-electron chi connectivity index (χ4n) is 3.65. The van der Waals surface area contributed by atoms with Crippen molar-refractivity contribution in [1.29, 1.82) is 0 Å². The molecule has 0 spiro atoms. The number of halogens is 3. The summed E-state index contributed by atoms with van der Waals surface area (Å²) < 4.78 is 39.6. The zero-order valence-electron chi connectivity index (χ0n) is 16.0. The molecule has 30 heavy (non-hydrogen) atoms. The Morgan fingerprint density at radius 2 is 1.83 bits per heavy atom. The minimum Gasteiger partial charge on any atom is -0.390 e. The SMILES string of the molecule is O=C(NCC(O)CNC1Cc2ccccc2C1)c1cn2cc(C(F)(F)F)ccc2n1. The summed E-state index contributed by atoms with van der Waals surface area (Å²) in [6.07, 6.45) is -1.35. The van der Waals surface area contributed by atoms with Gasteiger partial charge in [0.05, 0.1) is 11.7 Å². The number of hydrogen-bond donors (Lipinski definition) is 3. The fraction of sp³-hybridized carbons (Fsp3) is 0.333. The van der Waals surface area contributed by atoms with Crippen LogP contribution in [0.15, 0.2) is 48.8 Å². The van der Waals surface area contributed by atoms with Gasteiger partial charge in [0.25, 0.3) is 5.91 Å². The van der Waals surface area contributed by atoms with Crippen LogP contribution >= 0.6 is 0 Å². The Kier molecular flexibility index (Phi) is 5.48. The van der Waals surface area contributed by atoms with Crippen LogP contribution in [0.4, 0.5) is 13.2 Å². The molecule has 0 aliphatic heterocycles. The van der Waals surface area contributed by atoms with Gasteiger partial charge in [-0.1, -0.05) is 24.3 Å². The first kappa shape index (κ1) is 20.4. The summed E-state index contributed by atoms with van der Waals surface area (Å²) in [5, 5.41) is 16.0. The van der Waals surface area contributed by atoms with Gasteiger partial charge in [0.1, 0.15) is 11.3 Å². The molecule has 0 saturated heterocycles. The van der Waals surface area contributed by atoms with Gasteiger partial charge >= 0.3 is 6.18 Å². The number of aliphatic hydroxyl groups is 1. The largest absolute Gasteiger partial charge is 0.417 e. The molecule has 0 radical (unpaired) electrons. The Labute approximate surface area is 170 Å². The first-order chi connectivity index (χ1) is 14.3. The maximum atomic E-state index is 12.8. The van der Waals surface area contributed by atoms with Crippen molar-refractivity contribution in [3.05, 3.63) is 71.2 Å². The Balaban J connectivity index is 1.28. The van der Waals surface area contributed by atoms with Crippen molar-refractivity contribution in [3.8, 4) is 0 Å². The number of nitrogens with zero attached hydrogens (tertiary/aromatic N) is 2. The van der Waals surface area contributed by atoms with Crippen LogP contribution in [-0.2, 0) is 19.0 Å². The second-order valence-electron chi connectivity index (χ2n) is 7.45. The molecule has 3 N–H and O–H groups in total. The van der Waals surface area contributed by atoms with Gasteiger partial charge in [0.15, 0.2) is 0 Å². The van der Waals surface area contributed by atoms with Gasteiger partial charge in [-0.15, -0.1) is 0 Å². The van der Waals surface area contributed by atoms with E-state index in [0.717, 1.165) is 29.5 Å². The number of amides is 1. The van der Waals surface area contributed by atoms with Gasteiger partial charge in [0, 0.05) is 31.5 Å². The minimum absolute atomic E-state index is 0.00712. The number of aliphatic hydroxyl groups excluding tert-OH is 1. The summed E-state index contributed by atoms with van der Waals surface area (Å²) >= 11 is 0. The lowest BCUT2D eigenvalue weighted by molar-refractivity contribution is -0.137. The first-order valence-electron chi connectivity index (χ1n) is 9.62. The number of carbonyl (C=O) groups is 1. The van der Waals surface area contributed by atoms with Crippen molar-refractivity contribution in [2.24, 2.45) is 0 Å². The van der Waals surface area contributed by atoms with Crippen LogP contribution in [0.3, 0.4) is 0 Å². The molecule has 2 aromatic heterocycles. The molecule has 1 atom stereocenters. The summed E-state index contributed by atoms with van der Waals surface area (Å²) in [6.45, 7) is 0.326. The maximum Gasteiger partial charge on any atom is 0.417 e. The molecule has 0 saturated carbocycles. The number of fused-ring (bicyclic) bond motifs is 2. The van der Waals surface area contributed by atoms with Crippen molar-refractivity contribution < 1.29 is 23.1 Å². The average Bonchev–Trinajstić information content (AvgIpc) is 3.32. The van der Waals surface area contributed by atoms with Crippen molar-refractivity contribution >= 4 is 11.6 Å². The lowest BCUT2D eigenvalue weighted by Gasteiger charge is -2.16. The van der Waals surface area contributed by atoms with E-state index >= 15 is 0 Å². The molecule has 1 aliphatic carbocycles. The monoisotopic (exact) mass is 418 g/mol. The average molecular weight is 418 g/mol. The minimum atomic E-state index is -4.47. The molecule has 6 nitrogen and oxygen atoms in total. The van der Waals surface area contributed by atoms with E-state index < -0.39 is 23.8 Å². The van der Waals surface area contributed by atoms with E-state index in [1.807, 2.05) is 12.1 Å². The molecule has 1 amide bonds.